The highest BCUT2D eigenvalue weighted by Gasteiger charge is 2.21. The summed E-state index contributed by atoms with van der Waals surface area (Å²) in [5, 5.41) is 4.72. The fourth-order valence-corrected chi connectivity index (χ4v) is 4.24. The molecule has 160 valence electrons. The Hall–Kier alpha value is -2.64. The minimum absolute atomic E-state index is 0.0126. The summed E-state index contributed by atoms with van der Waals surface area (Å²) in [6.45, 7) is 12.3. The van der Waals surface area contributed by atoms with Crippen LogP contribution in [0.15, 0.2) is 19.7 Å². The predicted molar refractivity (Wildman–Crippen MR) is 115 cm³/mol. The Bertz CT molecular complexity index is 1170. The summed E-state index contributed by atoms with van der Waals surface area (Å²) in [5.41, 5.74) is 3.94. The number of benzene rings is 1. The zero-order valence-electron chi connectivity index (χ0n) is 18.0. The highest BCUT2D eigenvalue weighted by molar-refractivity contribution is 6.07. The maximum absolute atomic E-state index is 12.6. The molecule has 1 saturated heterocycles. The maximum atomic E-state index is 12.6. The van der Waals surface area contributed by atoms with E-state index in [4.69, 9.17) is 13.6 Å². The first-order valence-corrected chi connectivity index (χ1v) is 10.4. The second-order valence-corrected chi connectivity index (χ2v) is 8.03. The van der Waals surface area contributed by atoms with E-state index in [0.717, 1.165) is 71.7 Å². The Balaban J connectivity index is 1.60. The number of ether oxygens (including phenoxy) is 1. The van der Waals surface area contributed by atoms with Crippen molar-refractivity contribution in [2.45, 2.75) is 34.1 Å². The molecule has 7 nitrogen and oxygen atoms in total. The summed E-state index contributed by atoms with van der Waals surface area (Å²) in [5.74, 6) is 0.654. The van der Waals surface area contributed by atoms with Crippen LogP contribution in [0.1, 0.15) is 28.0 Å². The van der Waals surface area contributed by atoms with Crippen LogP contribution in [0.3, 0.4) is 0 Å². The number of furan rings is 1. The second kappa shape index (κ2) is 8.24. The van der Waals surface area contributed by atoms with Crippen molar-refractivity contribution in [1.29, 1.82) is 0 Å². The zero-order valence-corrected chi connectivity index (χ0v) is 18.0. The topological polar surface area (TPSA) is 84.9 Å². The highest BCUT2D eigenvalue weighted by atomic mass is 16.5. The number of fused-ring (bicyclic) bond motifs is 3. The number of rotatable bonds is 5. The fourth-order valence-electron chi connectivity index (χ4n) is 4.24. The standard InChI is InChI=1S/C23H28N2O5/c1-13-11-18-21(22-20(13)14(2)16(4)29-22)15(3)17(23(27)30-18)12-19(26)24-5-6-25-7-9-28-10-8-25/h11H,5-10,12H2,1-4H3,(H,24,26). The van der Waals surface area contributed by atoms with Gasteiger partial charge in [-0.25, -0.2) is 4.79 Å². The van der Waals surface area contributed by atoms with E-state index >= 15 is 0 Å². The van der Waals surface area contributed by atoms with E-state index in [-0.39, 0.29) is 12.3 Å². The lowest BCUT2D eigenvalue weighted by Gasteiger charge is -2.26. The summed E-state index contributed by atoms with van der Waals surface area (Å²) >= 11 is 0. The summed E-state index contributed by atoms with van der Waals surface area (Å²) < 4.78 is 17.0. The minimum Gasteiger partial charge on any atom is -0.460 e. The van der Waals surface area contributed by atoms with Gasteiger partial charge in [0.1, 0.15) is 16.9 Å². The van der Waals surface area contributed by atoms with Crippen molar-refractivity contribution in [3.8, 4) is 0 Å². The molecule has 0 saturated carbocycles. The Morgan fingerprint density at radius 3 is 2.53 bits per heavy atom. The second-order valence-electron chi connectivity index (χ2n) is 8.03. The molecule has 3 heterocycles. The average Bonchev–Trinajstić information content (AvgIpc) is 3.00. The Morgan fingerprint density at radius 1 is 1.07 bits per heavy atom. The molecule has 1 aliphatic rings. The van der Waals surface area contributed by atoms with Crippen LogP contribution in [0, 0.1) is 27.7 Å². The third kappa shape index (κ3) is 3.75. The molecule has 1 fully saturated rings. The van der Waals surface area contributed by atoms with Gasteiger partial charge in [0.15, 0.2) is 0 Å². The number of carbonyl (C=O) groups excluding carboxylic acids is 1. The van der Waals surface area contributed by atoms with E-state index in [1.165, 1.54) is 0 Å². The van der Waals surface area contributed by atoms with Gasteiger partial charge < -0.3 is 18.9 Å². The Kier molecular flexibility index (Phi) is 5.66. The van der Waals surface area contributed by atoms with Gasteiger partial charge in [-0.2, -0.15) is 0 Å². The van der Waals surface area contributed by atoms with E-state index in [9.17, 15) is 9.59 Å². The molecule has 1 amide bonds. The van der Waals surface area contributed by atoms with Crippen molar-refractivity contribution >= 4 is 27.8 Å². The molecule has 1 aliphatic heterocycles. The third-order valence-corrected chi connectivity index (χ3v) is 6.07. The van der Waals surface area contributed by atoms with Gasteiger partial charge in [0.05, 0.1) is 30.6 Å². The van der Waals surface area contributed by atoms with Gasteiger partial charge >= 0.3 is 5.63 Å². The van der Waals surface area contributed by atoms with E-state index in [2.05, 4.69) is 10.2 Å². The van der Waals surface area contributed by atoms with Crippen molar-refractivity contribution in [3.63, 3.8) is 0 Å². The number of aryl methyl sites for hydroxylation is 4. The van der Waals surface area contributed by atoms with Crippen LogP contribution in [0.5, 0.6) is 0 Å². The van der Waals surface area contributed by atoms with Crippen LogP contribution in [-0.4, -0.2) is 50.2 Å². The van der Waals surface area contributed by atoms with Crippen LogP contribution >= 0.6 is 0 Å². The molecule has 0 aliphatic carbocycles. The van der Waals surface area contributed by atoms with Gasteiger partial charge in [0.2, 0.25) is 5.91 Å². The van der Waals surface area contributed by atoms with Crippen molar-refractivity contribution in [2.75, 3.05) is 39.4 Å². The number of hydrogen-bond donors (Lipinski definition) is 1. The van der Waals surface area contributed by atoms with Crippen molar-refractivity contribution < 1.29 is 18.4 Å². The predicted octanol–water partition coefficient (Wildman–Crippen LogP) is 2.76. The number of carbonyl (C=O) groups is 1. The van der Waals surface area contributed by atoms with Gasteiger partial charge in [-0.05, 0) is 50.5 Å². The van der Waals surface area contributed by atoms with E-state index in [1.807, 2.05) is 33.8 Å². The number of nitrogens with one attached hydrogen (secondary N) is 1. The molecular formula is C23H28N2O5. The smallest absolute Gasteiger partial charge is 0.340 e. The normalized spacial score (nSPS) is 15.2. The van der Waals surface area contributed by atoms with Crippen molar-refractivity contribution in [2.24, 2.45) is 0 Å². The summed E-state index contributed by atoms with van der Waals surface area (Å²) in [6.07, 6.45) is -0.0126. The molecule has 0 spiro atoms. The Labute approximate surface area is 175 Å². The molecule has 0 atom stereocenters. The van der Waals surface area contributed by atoms with Crippen molar-refractivity contribution in [3.05, 3.63) is 44.5 Å². The van der Waals surface area contributed by atoms with Crippen LogP contribution in [0.2, 0.25) is 0 Å². The lowest BCUT2D eigenvalue weighted by molar-refractivity contribution is -0.120. The molecule has 2 aromatic heterocycles. The lowest BCUT2D eigenvalue weighted by Crippen LogP contribution is -2.41. The number of morpholine rings is 1. The molecule has 0 unspecified atom stereocenters. The summed E-state index contributed by atoms with van der Waals surface area (Å²) in [7, 11) is 0. The first kappa shape index (κ1) is 20.6. The molecule has 4 rings (SSSR count). The van der Waals surface area contributed by atoms with Gasteiger partial charge in [-0.15, -0.1) is 0 Å². The SMILES string of the molecule is Cc1oc2c(c(C)cc3oc(=O)c(CC(=O)NCCN4CCOCC4)c(C)c32)c1C. The van der Waals surface area contributed by atoms with Gasteiger partial charge in [0.25, 0.3) is 0 Å². The van der Waals surface area contributed by atoms with Gasteiger partial charge in [-0.1, -0.05) is 0 Å². The van der Waals surface area contributed by atoms with E-state index < -0.39 is 5.63 Å². The Morgan fingerprint density at radius 2 is 1.80 bits per heavy atom. The monoisotopic (exact) mass is 412 g/mol. The highest BCUT2D eigenvalue weighted by Crippen LogP contribution is 2.36. The molecular weight excluding hydrogens is 384 g/mol. The lowest BCUT2D eigenvalue weighted by atomic mass is 9.98. The van der Waals surface area contributed by atoms with E-state index in [1.54, 1.807) is 0 Å². The van der Waals surface area contributed by atoms with Crippen LogP contribution < -0.4 is 10.9 Å². The maximum Gasteiger partial charge on any atom is 0.340 e. The first-order valence-electron chi connectivity index (χ1n) is 10.4. The molecule has 1 N–H and O–H groups in total. The molecule has 3 aromatic rings. The molecule has 30 heavy (non-hydrogen) atoms. The van der Waals surface area contributed by atoms with Crippen LogP contribution in [0.4, 0.5) is 0 Å². The van der Waals surface area contributed by atoms with Crippen LogP contribution in [-0.2, 0) is 16.0 Å². The first-order chi connectivity index (χ1) is 14.4. The summed E-state index contributed by atoms with van der Waals surface area (Å²) in [6, 6.07) is 1.88. The fraction of sp³-hybridized carbons (Fsp3) is 0.478. The third-order valence-electron chi connectivity index (χ3n) is 6.07. The average molecular weight is 412 g/mol. The molecule has 7 heteroatoms. The zero-order chi connectivity index (χ0) is 21.4. The summed E-state index contributed by atoms with van der Waals surface area (Å²) in [4.78, 5) is 27.4. The number of amides is 1. The number of hydrogen-bond acceptors (Lipinski definition) is 6. The van der Waals surface area contributed by atoms with Crippen LogP contribution in [0.25, 0.3) is 21.9 Å². The van der Waals surface area contributed by atoms with Gasteiger partial charge in [-0.3, -0.25) is 9.69 Å². The largest absolute Gasteiger partial charge is 0.460 e. The van der Waals surface area contributed by atoms with Gasteiger partial charge in [0, 0.05) is 31.6 Å². The van der Waals surface area contributed by atoms with E-state index in [0.29, 0.717) is 17.7 Å². The molecule has 1 aromatic carbocycles. The number of nitrogens with zero attached hydrogens (tertiary/aromatic N) is 1. The molecule has 0 bridgehead atoms. The quantitative estimate of drug-likeness (QED) is 0.649. The minimum atomic E-state index is -0.470. The molecule has 0 radical (unpaired) electrons. The van der Waals surface area contributed by atoms with Crippen molar-refractivity contribution in [1.82, 2.24) is 10.2 Å².